The fraction of sp³-hybridized carbons (Fsp3) is 0. The van der Waals surface area contributed by atoms with Crippen molar-refractivity contribution in [3.8, 4) is 11.5 Å². The molecule has 16 heavy (non-hydrogen) atoms. The van der Waals surface area contributed by atoms with E-state index < -0.39 is 0 Å². The number of H-pyrrole nitrogens is 1. The largest absolute Gasteiger partial charge is 0.456 e. The molecule has 0 radical (unpaired) electrons. The van der Waals surface area contributed by atoms with Crippen molar-refractivity contribution >= 4 is 23.2 Å². The predicted molar refractivity (Wildman–Crippen MR) is 63.6 cm³/mol. The molecule has 0 fully saturated rings. The summed E-state index contributed by atoms with van der Waals surface area (Å²) in [6.07, 6.45) is 1.48. The van der Waals surface area contributed by atoms with E-state index in [0.717, 1.165) is 0 Å². The van der Waals surface area contributed by atoms with Gasteiger partial charge in [-0.1, -0.05) is 23.2 Å². The van der Waals surface area contributed by atoms with E-state index in [-0.39, 0.29) is 5.56 Å². The average molecular weight is 256 g/mol. The van der Waals surface area contributed by atoms with Crippen molar-refractivity contribution in [1.29, 1.82) is 0 Å². The van der Waals surface area contributed by atoms with Crippen LogP contribution in [0.2, 0.25) is 10.0 Å². The van der Waals surface area contributed by atoms with Crippen LogP contribution in [0.15, 0.2) is 41.3 Å². The third-order valence-corrected chi connectivity index (χ3v) is 2.62. The van der Waals surface area contributed by atoms with Crippen LogP contribution in [0.5, 0.6) is 11.5 Å². The van der Waals surface area contributed by atoms with Crippen LogP contribution in [-0.2, 0) is 0 Å². The second-order valence-corrected chi connectivity index (χ2v) is 3.88. The average Bonchev–Trinajstić information content (AvgIpc) is 2.27. The molecular formula is C11H7Cl2NO2. The van der Waals surface area contributed by atoms with Crippen molar-refractivity contribution in [1.82, 2.24) is 4.98 Å². The summed E-state index contributed by atoms with van der Waals surface area (Å²) in [7, 11) is 0. The molecule has 0 aliphatic carbocycles. The second kappa shape index (κ2) is 4.60. The number of halogens is 2. The van der Waals surface area contributed by atoms with Crippen molar-refractivity contribution in [2.75, 3.05) is 0 Å². The predicted octanol–water partition coefficient (Wildman–Crippen LogP) is 3.47. The quantitative estimate of drug-likeness (QED) is 0.893. The molecule has 0 saturated heterocycles. The first-order valence-electron chi connectivity index (χ1n) is 4.47. The normalized spacial score (nSPS) is 10.1. The molecule has 5 heteroatoms. The van der Waals surface area contributed by atoms with Gasteiger partial charge in [-0.05, 0) is 18.2 Å². The number of pyridine rings is 1. The molecule has 2 aromatic rings. The Hall–Kier alpha value is -1.45. The van der Waals surface area contributed by atoms with Crippen LogP contribution >= 0.6 is 23.2 Å². The summed E-state index contributed by atoms with van der Waals surface area (Å²) in [6.45, 7) is 0. The SMILES string of the molecule is O=c1ccc(Oc2ccc(Cl)c(Cl)c2)c[nH]1. The highest BCUT2D eigenvalue weighted by atomic mass is 35.5. The standard InChI is InChI=1S/C11H7Cl2NO2/c12-9-3-1-7(5-10(9)13)16-8-2-4-11(15)14-6-8/h1-6H,(H,14,15). The van der Waals surface area contributed by atoms with Crippen molar-refractivity contribution in [2.45, 2.75) is 0 Å². The second-order valence-electron chi connectivity index (χ2n) is 3.07. The molecule has 0 aliphatic heterocycles. The van der Waals surface area contributed by atoms with Crippen molar-refractivity contribution < 1.29 is 4.74 Å². The van der Waals surface area contributed by atoms with Crippen LogP contribution in [0.4, 0.5) is 0 Å². The van der Waals surface area contributed by atoms with Gasteiger partial charge in [-0.25, -0.2) is 0 Å². The fourth-order valence-corrected chi connectivity index (χ4v) is 1.42. The van der Waals surface area contributed by atoms with Gasteiger partial charge < -0.3 is 9.72 Å². The molecule has 0 spiro atoms. The lowest BCUT2D eigenvalue weighted by Gasteiger charge is -2.05. The smallest absolute Gasteiger partial charge is 0.248 e. The fourth-order valence-electron chi connectivity index (χ4n) is 1.14. The number of ether oxygens (including phenoxy) is 1. The van der Waals surface area contributed by atoms with Gasteiger partial charge in [-0.15, -0.1) is 0 Å². The molecule has 82 valence electrons. The summed E-state index contributed by atoms with van der Waals surface area (Å²) >= 11 is 11.6. The number of rotatable bonds is 2. The van der Waals surface area contributed by atoms with Gasteiger partial charge in [-0.3, -0.25) is 4.79 Å². The molecule has 3 nitrogen and oxygen atoms in total. The molecule has 1 aromatic heterocycles. The number of hydrogen-bond donors (Lipinski definition) is 1. The highest BCUT2D eigenvalue weighted by Crippen LogP contribution is 2.28. The lowest BCUT2D eigenvalue weighted by molar-refractivity contribution is 0.480. The van der Waals surface area contributed by atoms with E-state index >= 15 is 0 Å². The summed E-state index contributed by atoms with van der Waals surface area (Å²) in [5.41, 5.74) is -0.179. The van der Waals surface area contributed by atoms with Gasteiger partial charge in [0, 0.05) is 18.3 Å². The molecule has 0 unspecified atom stereocenters. The number of aromatic amines is 1. The maximum absolute atomic E-state index is 10.8. The molecule has 0 amide bonds. The van der Waals surface area contributed by atoms with E-state index in [4.69, 9.17) is 27.9 Å². The van der Waals surface area contributed by atoms with Gasteiger partial charge in [-0.2, -0.15) is 0 Å². The maximum atomic E-state index is 10.8. The summed E-state index contributed by atoms with van der Waals surface area (Å²) in [6, 6.07) is 7.90. The Morgan fingerprint density at radius 2 is 1.75 bits per heavy atom. The van der Waals surface area contributed by atoms with Gasteiger partial charge >= 0.3 is 0 Å². The Morgan fingerprint density at radius 1 is 1.00 bits per heavy atom. The van der Waals surface area contributed by atoms with Crippen LogP contribution in [0.1, 0.15) is 0 Å². The molecule has 0 atom stereocenters. The first-order valence-corrected chi connectivity index (χ1v) is 5.22. The molecule has 0 bridgehead atoms. The zero-order chi connectivity index (χ0) is 11.5. The van der Waals surface area contributed by atoms with Crippen LogP contribution in [0.25, 0.3) is 0 Å². The Bertz CT molecular complexity index is 546. The molecule has 1 N–H and O–H groups in total. The van der Waals surface area contributed by atoms with Crippen molar-refractivity contribution in [3.63, 3.8) is 0 Å². The maximum Gasteiger partial charge on any atom is 0.248 e. The Balaban J connectivity index is 2.23. The van der Waals surface area contributed by atoms with Crippen LogP contribution in [-0.4, -0.2) is 4.98 Å². The summed E-state index contributed by atoms with van der Waals surface area (Å²) in [5, 5.41) is 0.888. The third kappa shape index (κ3) is 2.56. The van der Waals surface area contributed by atoms with Gasteiger partial charge in [0.1, 0.15) is 11.5 Å². The summed E-state index contributed by atoms with van der Waals surface area (Å²) in [5.74, 6) is 1.08. The molecule has 2 rings (SSSR count). The molecule has 1 aromatic carbocycles. The lowest BCUT2D eigenvalue weighted by Crippen LogP contribution is -2.01. The third-order valence-electron chi connectivity index (χ3n) is 1.88. The highest BCUT2D eigenvalue weighted by molar-refractivity contribution is 6.42. The van der Waals surface area contributed by atoms with E-state index in [0.29, 0.717) is 21.5 Å². The van der Waals surface area contributed by atoms with Gasteiger partial charge in [0.25, 0.3) is 0 Å². The Labute approximate surface area is 102 Å². The van der Waals surface area contributed by atoms with E-state index in [1.54, 1.807) is 24.3 Å². The topological polar surface area (TPSA) is 42.1 Å². The number of aromatic nitrogens is 1. The molecule has 0 saturated carbocycles. The van der Waals surface area contributed by atoms with Crippen molar-refractivity contribution in [2.24, 2.45) is 0 Å². The van der Waals surface area contributed by atoms with Crippen LogP contribution in [0.3, 0.4) is 0 Å². The monoisotopic (exact) mass is 255 g/mol. The number of nitrogens with one attached hydrogen (secondary N) is 1. The molecule has 1 heterocycles. The minimum atomic E-state index is -0.179. The minimum Gasteiger partial charge on any atom is -0.456 e. The first kappa shape index (κ1) is 11.0. The zero-order valence-electron chi connectivity index (χ0n) is 8.04. The van der Waals surface area contributed by atoms with Crippen molar-refractivity contribution in [3.05, 3.63) is 56.9 Å². The van der Waals surface area contributed by atoms with Crippen LogP contribution < -0.4 is 10.3 Å². The van der Waals surface area contributed by atoms with Gasteiger partial charge in [0.15, 0.2) is 0 Å². The van der Waals surface area contributed by atoms with E-state index in [9.17, 15) is 4.79 Å². The van der Waals surface area contributed by atoms with E-state index in [1.165, 1.54) is 12.3 Å². The number of hydrogen-bond acceptors (Lipinski definition) is 2. The molecule has 0 aliphatic rings. The number of benzene rings is 1. The highest BCUT2D eigenvalue weighted by Gasteiger charge is 2.01. The minimum absolute atomic E-state index is 0.179. The summed E-state index contributed by atoms with van der Waals surface area (Å²) in [4.78, 5) is 13.3. The lowest BCUT2D eigenvalue weighted by atomic mass is 10.3. The zero-order valence-corrected chi connectivity index (χ0v) is 9.55. The molecular weight excluding hydrogens is 249 g/mol. The van der Waals surface area contributed by atoms with Crippen LogP contribution in [0, 0.1) is 0 Å². The Kier molecular flexibility index (Phi) is 3.17. The first-order chi connectivity index (χ1) is 7.65. The Morgan fingerprint density at radius 3 is 2.38 bits per heavy atom. The van der Waals surface area contributed by atoms with E-state index in [1.807, 2.05) is 0 Å². The van der Waals surface area contributed by atoms with Gasteiger partial charge in [0.05, 0.1) is 10.0 Å². The van der Waals surface area contributed by atoms with E-state index in [2.05, 4.69) is 4.98 Å². The van der Waals surface area contributed by atoms with Gasteiger partial charge in [0.2, 0.25) is 5.56 Å². The summed E-state index contributed by atoms with van der Waals surface area (Å²) < 4.78 is 5.46.